The SMILES string of the molecule is CCNc1cnccc1C(=O)NCc1ccco1. The molecule has 0 unspecified atom stereocenters. The van der Waals surface area contributed by atoms with Crippen LogP contribution in [0.5, 0.6) is 0 Å². The van der Waals surface area contributed by atoms with Gasteiger partial charge in [0.25, 0.3) is 5.91 Å². The molecule has 0 saturated heterocycles. The summed E-state index contributed by atoms with van der Waals surface area (Å²) in [5.41, 5.74) is 1.32. The first-order chi connectivity index (χ1) is 8.81. The molecule has 0 atom stereocenters. The smallest absolute Gasteiger partial charge is 0.253 e. The van der Waals surface area contributed by atoms with Crippen LogP contribution >= 0.6 is 0 Å². The molecule has 0 aromatic carbocycles. The van der Waals surface area contributed by atoms with Gasteiger partial charge in [0.2, 0.25) is 0 Å². The number of nitrogens with one attached hydrogen (secondary N) is 2. The molecule has 18 heavy (non-hydrogen) atoms. The molecule has 2 aromatic heterocycles. The zero-order chi connectivity index (χ0) is 12.8. The molecule has 0 spiro atoms. The molecule has 0 aliphatic heterocycles. The molecule has 0 aliphatic carbocycles. The number of rotatable bonds is 5. The van der Waals surface area contributed by atoms with Crippen molar-refractivity contribution >= 4 is 11.6 Å². The highest BCUT2D eigenvalue weighted by molar-refractivity contribution is 5.99. The Balaban J connectivity index is 2.04. The number of aromatic nitrogens is 1. The number of carbonyl (C=O) groups excluding carboxylic acids is 1. The molecule has 94 valence electrons. The summed E-state index contributed by atoms with van der Waals surface area (Å²) < 4.78 is 5.15. The van der Waals surface area contributed by atoms with Crippen LogP contribution in [0.3, 0.4) is 0 Å². The zero-order valence-electron chi connectivity index (χ0n) is 10.1. The maximum atomic E-state index is 12.0. The van der Waals surface area contributed by atoms with Gasteiger partial charge in [-0.1, -0.05) is 0 Å². The number of hydrogen-bond acceptors (Lipinski definition) is 4. The quantitative estimate of drug-likeness (QED) is 0.845. The third-order valence-corrected chi connectivity index (χ3v) is 2.44. The third-order valence-electron chi connectivity index (χ3n) is 2.44. The number of carbonyl (C=O) groups is 1. The molecule has 2 rings (SSSR count). The monoisotopic (exact) mass is 245 g/mol. The van der Waals surface area contributed by atoms with Crippen molar-refractivity contribution in [3.05, 3.63) is 48.2 Å². The lowest BCUT2D eigenvalue weighted by atomic mass is 10.2. The Morgan fingerprint density at radius 1 is 1.44 bits per heavy atom. The van der Waals surface area contributed by atoms with Crippen LogP contribution < -0.4 is 10.6 Å². The van der Waals surface area contributed by atoms with Gasteiger partial charge in [-0.3, -0.25) is 9.78 Å². The van der Waals surface area contributed by atoms with Crippen molar-refractivity contribution in [1.29, 1.82) is 0 Å². The summed E-state index contributed by atoms with van der Waals surface area (Å²) in [5.74, 6) is 0.576. The lowest BCUT2D eigenvalue weighted by Crippen LogP contribution is -2.23. The lowest BCUT2D eigenvalue weighted by molar-refractivity contribution is 0.0948. The Morgan fingerprint density at radius 2 is 2.33 bits per heavy atom. The van der Waals surface area contributed by atoms with E-state index in [1.54, 1.807) is 30.8 Å². The second-order valence-corrected chi connectivity index (χ2v) is 3.71. The summed E-state index contributed by atoms with van der Waals surface area (Å²) in [6, 6.07) is 5.30. The number of amides is 1. The Kier molecular flexibility index (Phi) is 3.96. The minimum atomic E-state index is -0.148. The first-order valence-electron chi connectivity index (χ1n) is 5.79. The Labute approximate surface area is 105 Å². The van der Waals surface area contributed by atoms with Gasteiger partial charge in [0.15, 0.2) is 0 Å². The van der Waals surface area contributed by atoms with E-state index in [9.17, 15) is 4.79 Å². The van der Waals surface area contributed by atoms with Crippen molar-refractivity contribution in [3.63, 3.8) is 0 Å². The molecule has 0 radical (unpaired) electrons. The first kappa shape index (κ1) is 12.2. The fourth-order valence-electron chi connectivity index (χ4n) is 1.60. The Bertz CT molecular complexity index is 509. The van der Waals surface area contributed by atoms with Crippen LogP contribution in [0.4, 0.5) is 5.69 Å². The normalized spacial score (nSPS) is 10.1. The molecule has 2 aromatic rings. The predicted octanol–water partition coefficient (Wildman–Crippen LogP) is 2.04. The number of hydrogen-bond donors (Lipinski definition) is 2. The summed E-state index contributed by atoms with van der Waals surface area (Å²) in [6.45, 7) is 3.08. The maximum Gasteiger partial charge on any atom is 0.253 e. The predicted molar refractivity (Wildman–Crippen MR) is 68.3 cm³/mol. The van der Waals surface area contributed by atoms with E-state index in [1.165, 1.54) is 0 Å². The van der Waals surface area contributed by atoms with Crippen molar-refractivity contribution in [3.8, 4) is 0 Å². The minimum Gasteiger partial charge on any atom is -0.467 e. The summed E-state index contributed by atoms with van der Waals surface area (Å²) in [6.07, 6.45) is 4.83. The average molecular weight is 245 g/mol. The van der Waals surface area contributed by atoms with Gasteiger partial charge in [-0.25, -0.2) is 0 Å². The van der Waals surface area contributed by atoms with Crippen LogP contribution in [0.25, 0.3) is 0 Å². The standard InChI is InChI=1S/C13H15N3O2/c1-2-15-12-9-14-6-5-11(12)13(17)16-8-10-4-3-7-18-10/h3-7,9,15H,2,8H2,1H3,(H,16,17). The molecule has 2 heterocycles. The van der Waals surface area contributed by atoms with E-state index < -0.39 is 0 Å². The van der Waals surface area contributed by atoms with Crippen molar-refractivity contribution in [1.82, 2.24) is 10.3 Å². The molecule has 0 bridgehead atoms. The number of pyridine rings is 1. The van der Waals surface area contributed by atoms with E-state index in [0.717, 1.165) is 18.0 Å². The van der Waals surface area contributed by atoms with Crippen molar-refractivity contribution in [2.45, 2.75) is 13.5 Å². The van der Waals surface area contributed by atoms with Gasteiger partial charge in [0, 0.05) is 12.7 Å². The molecule has 2 N–H and O–H groups in total. The summed E-state index contributed by atoms with van der Waals surface area (Å²) >= 11 is 0. The summed E-state index contributed by atoms with van der Waals surface area (Å²) in [7, 11) is 0. The second kappa shape index (κ2) is 5.86. The van der Waals surface area contributed by atoms with Gasteiger partial charge in [0.1, 0.15) is 5.76 Å². The fraction of sp³-hybridized carbons (Fsp3) is 0.231. The van der Waals surface area contributed by atoms with E-state index >= 15 is 0 Å². The van der Waals surface area contributed by atoms with E-state index in [-0.39, 0.29) is 5.91 Å². The Hall–Kier alpha value is -2.30. The first-order valence-corrected chi connectivity index (χ1v) is 5.79. The number of nitrogens with zero attached hydrogens (tertiary/aromatic N) is 1. The molecule has 0 aliphatic rings. The average Bonchev–Trinajstić information content (AvgIpc) is 2.90. The van der Waals surface area contributed by atoms with Gasteiger partial charge >= 0.3 is 0 Å². The van der Waals surface area contributed by atoms with E-state index in [4.69, 9.17) is 4.42 Å². The van der Waals surface area contributed by atoms with Crippen LogP contribution in [-0.4, -0.2) is 17.4 Å². The van der Waals surface area contributed by atoms with Gasteiger partial charge in [-0.2, -0.15) is 0 Å². The molecule has 5 heteroatoms. The molecule has 1 amide bonds. The van der Waals surface area contributed by atoms with Gasteiger partial charge in [0.05, 0.1) is 30.3 Å². The van der Waals surface area contributed by atoms with Crippen LogP contribution in [0.15, 0.2) is 41.3 Å². The summed E-state index contributed by atoms with van der Waals surface area (Å²) in [4.78, 5) is 16.0. The Morgan fingerprint density at radius 3 is 3.06 bits per heavy atom. The van der Waals surface area contributed by atoms with E-state index in [2.05, 4.69) is 15.6 Å². The van der Waals surface area contributed by atoms with Crippen molar-refractivity contribution in [2.24, 2.45) is 0 Å². The highest BCUT2D eigenvalue weighted by Gasteiger charge is 2.10. The number of anilines is 1. The second-order valence-electron chi connectivity index (χ2n) is 3.71. The highest BCUT2D eigenvalue weighted by atomic mass is 16.3. The van der Waals surface area contributed by atoms with Crippen LogP contribution in [0.1, 0.15) is 23.0 Å². The molecule has 0 fully saturated rings. The van der Waals surface area contributed by atoms with Gasteiger partial charge in [-0.05, 0) is 25.1 Å². The molecule has 5 nitrogen and oxygen atoms in total. The highest BCUT2D eigenvalue weighted by Crippen LogP contribution is 2.13. The van der Waals surface area contributed by atoms with Crippen molar-refractivity contribution < 1.29 is 9.21 Å². The summed E-state index contributed by atoms with van der Waals surface area (Å²) in [5, 5.41) is 5.90. The largest absolute Gasteiger partial charge is 0.467 e. The van der Waals surface area contributed by atoms with Crippen molar-refractivity contribution in [2.75, 3.05) is 11.9 Å². The topological polar surface area (TPSA) is 67.2 Å². The third kappa shape index (κ3) is 2.88. The molecular weight excluding hydrogens is 230 g/mol. The minimum absolute atomic E-state index is 0.148. The van der Waals surface area contributed by atoms with Gasteiger partial charge < -0.3 is 15.1 Å². The molecule has 0 saturated carbocycles. The van der Waals surface area contributed by atoms with Crippen LogP contribution in [-0.2, 0) is 6.54 Å². The van der Waals surface area contributed by atoms with E-state index in [0.29, 0.717) is 12.1 Å². The zero-order valence-corrected chi connectivity index (χ0v) is 10.1. The maximum absolute atomic E-state index is 12.0. The number of furan rings is 1. The van der Waals surface area contributed by atoms with Gasteiger partial charge in [-0.15, -0.1) is 0 Å². The van der Waals surface area contributed by atoms with Crippen LogP contribution in [0.2, 0.25) is 0 Å². The van der Waals surface area contributed by atoms with E-state index in [1.807, 2.05) is 13.0 Å². The van der Waals surface area contributed by atoms with Crippen LogP contribution in [0, 0.1) is 0 Å². The lowest BCUT2D eigenvalue weighted by Gasteiger charge is -2.09. The fourth-order valence-corrected chi connectivity index (χ4v) is 1.60. The molecular formula is C13H15N3O2.